The van der Waals surface area contributed by atoms with Gasteiger partial charge in [-0.25, -0.2) is 0 Å². The van der Waals surface area contributed by atoms with E-state index < -0.39 is 0 Å². The van der Waals surface area contributed by atoms with Gasteiger partial charge in [0.05, 0.1) is 6.04 Å². The standard InChI is InChI=1S/C14H19N3O/c1-14-8-11(17-12(14)9-14)13(18)16-7-4-10-2-5-15-6-3-10/h2-3,5-6,11-12,17H,4,7-9H2,1H3,(H,16,18). The molecule has 1 aromatic heterocycles. The van der Waals surface area contributed by atoms with Crippen LogP contribution in [0.1, 0.15) is 25.3 Å². The molecule has 2 N–H and O–H groups in total. The fourth-order valence-corrected chi connectivity index (χ4v) is 2.83. The fraction of sp³-hybridized carbons (Fsp3) is 0.571. The summed E-state index contributed by atoms with van der Waals surface area (Å²) in [4.78, 5) is 15.9. The van der Waals surface area contributed by atoms with Crippen molar-refractivity contribution in [3.8, 4) is 0 Å². The molecule has 2 heterocycles. The first-order chi connectivity index (χ1) is 8.67. The first kappa shape index (κ1) is 11.7. The molecule has 0 radical (unpaired) electrons. The van der Waals surface area contributed by atoms with E-state index in [1.165, 1.54) is 12.0 Å². The van der Waals surface area contributed by atoms with Crippen molar-refractivity contribution in [2.24, 2.45) is 5.41 Å². The predicted octanol–water partition coefficient (Wildman–Crippen LogP) is 0.881. The zero-order valence-electron chi connectivity index (χ0n) is 10.6. The van der Waals surface area contributed by atoms with Gasteiger partial charge >= 0.3 is 0 Å². The SMILES string of the molecule is CC12CC(C(=O)NCCc3ccncc3)NC1C2. The van der Waals surface area contributed by atoms with Crippen LogP contribution in [-0.4, -0.2) is 29.5 Å². The van der Waals surface area contributed by atoms with Crippen LogP contribution < -0.4 is 10.6 Å². The van der Waals surface area contributed by atoms with Gasteiger partial charge in [-0.1, -0.05) is 6.92 Å². The molecule has 1 aliphatic heterocycles. The summed E-state index contributed by atoms with van der Waals surface area (Å²) in [6.45, 7) is 2.96. The van der Waals surface area contributed by atoms with Gasteiger partial charge in [-0.3, -0.25) is 9.78 Å². The minimum Gasteiger partial charge on any atom is -0.354 e. The number of amides is 1. The van der Waals surface area contributed by atoms with Crippen molar-refractivity contribution in [1.82, 2.24) is 15.6 Å². The minimum atomic E-state index is 0.0196. The molecule has 4 nitrogen and oxygen atoms in total. The van der Waals surface area contributed by atoms with E-state index in [9.17, 15) is 4.79 Å². The number of fused-ring (bicyclic) bond motifs is 1. The van der Waals surface area contributed by atoms with Crippen molar-refractivity contribution in [3.63, 3.8) is 0 Å². The van der Waals surface area contributed by atoms with Crippen LogP contribution in [0.2, 0.25) is 0 Å². The molecule has 1 aliphatic carbocycles. The third-order valence-corrected chi connectivity index (χ3v) is 4.20. The molecule has 96 valence electrons. The van der Waals surface area contributed by atoms with Crippen molar-refractivity contribution < 1.29 is 4.79 Å². The molecule has 3 atom stereocenters. The Kier molecular flexibility index (Phi) is 2.82. The van der Waals surface area contributed by atoms with Crippen LogP contribution >= 0.6 is 0 Å². The number of hydrogen-bond donors (Lipinski definition) is 2. The van der Waals surface area contributed by atoms with Crippen molar-refractivity contribution >= 4 is 5.91 Å². The zero-order valence-corrected chi connectivity index (χ0v) is 10.6. The maximum Gasteiger partial charge on any atom is 0.237 e. The quantitative estimate of drug-likeness (QED) is 0.828. The van der Waals surface area contributed by atoms with Crippen LogP contribution in [0.15, 0.2) is 24.5 Å². The Bertz CT molecular complexity index is 448. The van der Waals surface area contributed by atoms with E-state index in [1.54, 1.807) is 12.4 Å². The van der Waals surface area contributed by atoms with Crippen molar-refractivity contribution in [2.45, 2.75) is 38.3 Å². The third-order valence-electron chi connectivity index (χ3n) is 4.20. The molecule has 1 aromatic rings. The lowest BCUT2D eigenvalue weighted by Gasteiger charge is -2.14. The van der Waals surface area contributed by atoms with Gasteiger partial charge in [-0.2, -0.15) is 0 Å². The van der Waals surface area contributed by atoms with E-state index in [0.29, 0.717) is 18.0 Å². The largest absolute Gasteiger partial charge is 0.354 e. The Labute approximate surface area is 107 Å². The fourth-order valence-electron chi connectivity index (χ4n) is 2.83. The molecule has 1 saturated heterocycles. The highest BCUT2D eigenvalue weighted by Gasteiger charge is 2.57. The van der Waals surface area contributed by atoms with Crippen LogP contribution in [0.5, 0.6) is 0 Å². The lowest BCUT2D eigenvalue weighted by Crippen LogP contribution is -2.42. The maximum absolute atomic E-state index is 12.0. The number of nitrogens with one attached hydrogen (secondary N) is 2. The first-order valence-electron chi connectivity index (χ1n) is 6.60. The second kappa shape index (κ2) is 4.35. The Balaban J connectivity index is 1.43. The van der Waals surface area contributed by atoms with Gasteiger partial charge < -0.3 is 10.6 Å². The van der Waals surface area contributed by atoms with E-state index in [4.69, 9.17) is 0 Å². The van der Waals surface area contributed by atoms with Gasteiger partial charge in [0.1, 0.15) is 0 Å². The number of rotatable bonds is 4. The van der Waals surface area contributed by atoms with Crippen molar-refractivity contribution in [1.29, 1.82) is 0 Å². The molecule has 1 saturated carbocycles. The van der Waals surface area contributed by atoms with Gasteiger partial charge in [0.25, 0.3) is 0 Å². The van der Waals surface area contributed by atoms with Crippen LogP contribution in [0.25, 0.3) is 0 Å². The highest BCUT2D eigenvalue weighted by Crippen LogP contribution is 2.53. The van der Waals surface area contributed by atoms with Crippen LogP contribution in [0.3, 0.4) is 0 Å². The molecular formula is C14H19N3O. The molecule has 2 fully saturated rings. The zero-order chi connectivity index (χ0) is 12.6. The van der Waals surface area contributed by atoms with Crippen LogP contribution in [0, 0.1) is 5.41 Å². The summed E-state index contributed by atoms with van der Waals surface area (Å²) in [6, 6.07) is 4.56. The van der Waals surface area contributed by atoms with E-state index in [1.807, 2.05) is 12.1 Å². The molecule has 0 spiro atoms. The molecule has 1 amide bonds. The lowest BCUT2D eigenvalue weighted by atomic mass is 10.0. The third kappa shape index (κ3) is 2.25. The van der Waals surface area contributed by atoms with Gasteiger partial charge in [-0.05, 0) is 42.4 Å². The van der Waals surface area contributed by atoms with Gasteiger partial charge in [-0.15, -0.1) is 0 Å². The molecule has 4 heteroatoms. The topological polar surface area (TPSA) is 54.0 Å². The average Bonchev–Trinajstić information content (AvgIpc) is 2.88. The Hall–Kier alpha value is -1.42. The molecule has 18 heavy (non-hydrogen) atoms. The van der Waals surface area contributed by atoms with Crippen molar-refractivity contribution in [3.05, 3.63) is 30.1 Å². The Morgan fingerprint density at radius 3 is 2.94 bits per heavy atom. The highest BCUT2D eigenvalue weighted by molar-refractivity contribution is 5.82. The summed E-state index contributed by atoms with van der Waals surface area (Å²) in [5.41, 5.74) is 1.60. The average molecular weight is 245 g/mol. The summed E-state index contributed by atoms with van der Waals surface area (Å²) in [5, 5.41) is 6.40. The number of aromatic nitrogens is 1. The second-order valence-electron chi connectivity index (χ2n) is 5.73. The Morgan fingerprint density at radius 1 is 1.50 bits per heavy atom. The lowest BCUT2D eigenvalue weighted by molar-refractivity contribution is -0.123. The van der Waals surface area contributed by atoms with E-state index in [0.717, 1.165) is 12.8 Å². The van der Waals surface area contributed by atoms with Gasteiger partial charge in [0, 0.05) is 25.0 Å². The maximum atomic E-state index is 12.0. The van der Waals surface area contributed by atoms with Gasteiger partial charge in [0.15, 0.2) is 0 Å². The molecule has 0 aromatic carbocycles. The monoisotopic (exact) mass is 245 g/mol. The number of hydrogen-bond acceptors (Lipinski definition) is 3. The highest BCUT2D eigenvalue weighted by atomic mass is 16.2. The Morgan fingerprint density at radius 2 is 2.28 bits per heavy atom. The molecule has 3 unspecified atom stereocenters. The normalized spacial score (nSPS) is 32.9. The number of pyridine rings is 1. The summed E-state index contributed by atoms with van der Waals surface area (Å²) in [5.74, 6) is 0.150. The molecule has 0 bridgehead atoms. The first-order valence-corrected chi connectivity index (χ1v) is 6.60. The molecular weight excluding hydrogens is 226 g/mol. The van der Waals surface area contributed by atoms with E-state index >= 15 is 0 Å². The second-order valence-corrected chi connectivity index (χ2v) is 5.73. The number of carbonyl (C=O) groups excluding carboxylic acids is 1. The molecule has 3 rings (SSSR count). The number of nitrogens with zero attached hydrogens (tertiary/aromatic N) is 1. The summed E-state index contributed by atoms with van der Waals surface area (Å²) < 4.78 is 0. The number of carbonyl (C=O) groups is 1. The summed E-state index contributed by atoms with van der Waals surface area (Å²) in [6.07, 6.45) is 6.64. The van der Waals surface area contributed by atoms with E-state index in [2.05, 4.69) is 22.5 Å². The van der Waals surface area contributed by atoms with Crippen molar-refractivity contribution in [2.75, 3.05) is 6.54 Å². The smallest absolute Gasteiger partial charge is 0.237 e. The molecule has 2 aliphatic rings. The predicted molar refractivity (Wildman–Crippen MR) is 69.0 cm³/mol. The van der Waals surface area contributed by atoms with E-state index in [-0.39, 0.29) is 11.9 Å². The minimum absolute atomic E-state index is 0.0196. The summed E-state index contributed by atoms with van der Waals surface area (Å²) >= 11 is 0. The van der Waals surface area contributed by atoms with Gasteiger partial charge in [0.2, 0.25) is 5.91 Å². The van der Waals surface area contributed by atoms with Crippen LogP contribution in [-0.2, 0) is 11.2 Å². The number of piperidine rings is 1. The summed E-state index contributed by atoms with van der Waals surface area (Å²) in [7, 11) is 0. The van der Waals surface area contributed by atoms with Crippen LogP contribution in [0.4, 0.5) is 0 Å².